The van der Waals surface area contributed by atoms with Crippen LogP contribution in [0.25, 0.3) is 0 Å². The molecule has 0 spiro atoms. The van der Waals surface area contributed by atoms with Crippen LogP contribution in [0, 0.1) is 5.92 Å². The van der Waals surface area contributed by atoms with Gasteiger partial charge in [-0.25, -0.2) is 0 Å². The molecule has 2 unspecified atom stereocenters. The minimum atomic E-state index is 0.0613. The van der Waals surface area contributed by atoms with E-state index < -0.39 is 0 Å². The van der Waals surface area contributed by atoms with E-state index in [9.17, 15) is 4.79 Å². The SMILES string of the molecule is CC(C)c1cccc(NC(=O)CN2CCCC(C(C)N)C2)c1. The number of benzene rings is 1. The summed E-state index contributed by atoms with van der Waals surface area (Å²) < 4.78 is 0. The number of amides is 1. The van der Waals surface area contributed by atoms with E-state index in [2.05, 4.69) is 43.1 Å². The first-order valence-corrected chi connectivity index (χ1v) is 8.33. The standard InChI is InChI=1S/C18H29N3O/c1-13(2)15-6-4-8-17(10-15)20-18(22)12-21-9-5-7-16(11-21)14(3)19/h4,6,8,10,13-14,16H,5,7,9,11-12,19H2,1-3H3,(H,20,22). The summed E-state index contributed by atoms with van der Waals surface area (Å²) in [5.74, 6) is 1.03. The third-order valence-corrected chi connectivity index (χ3v) is 4.49. The van der Waals surface area contributed by atoms with E-state index >= 15 is 0 Å². The van der Waals surface area contributed by atoms with E-state index in [0.29, 0.717) is 18.4 Å². The molecule has 1 amide bonds. The Morgan fingerprint density at radius 2 is 2.18 bits per heavy atom. The number of piperidine rings is 1. The Hall–Kier alpha value is -1.39. The summed E-state index contributed by atoms with van der Waals surface area (Å²) in [6.45, 7) is 8.74. The molecule has 1 aromatic carbocycles. The Morgan fingerprint density at radius 1 is 1.41 bits per heavy atom. The lowest BCUT2D eigenvalue weighted by Crippen LogP contribution is -2.45. The number of nitrogens with zero attached hydrogens (tertiary/aromatic N) is 1. The number of hydrogen-bond acceptors (Lipinski definition) is 3. The number of anilines is 1. The lowest BCUT2D eigenvalue weighted by molar-refractivity contribution is -0.117. The predicted octanol–water partition coefficient (Wildman–Crippen LogP) is 2.81. The highest BCUT2D eigenvalue weighted by atomic mass is 16.2. The minimum Gasteiger partial charge on any atom is -0.328 e. The third-order valence-electron chi connectivity index (χ3n) is 4.49. The number of carbonyl (C=O) groups excluding carboxylic acids is 1. The highest BCUT2D eigenvalue weighted by Crippen LogP contribution is 2.20. The van der Waals surface area contributed by atoms with Crippen molar-refractivity contribution in [2.24, 2.45) is 11.7 Å². The maximum atomic E-state index is 12.3. The van der Waals surface area contributed by atoms with E-state index in [1.54, 1.807) is 0 Å². The van der Waals surface area contributed by atoms with Crippen molar-refractivity contribution in [2.75, 3.05) is 25.0 Å². The molecule has 2 rings (SSSR count). The van der Waals surface area contributed by atoms with Gasteiger partial charge in [-0.05, 0) is 55.8 Å². The van der Waals surface area contributed by atoms with Crippen LogP contribution in [0.3, 0.4) is 0 Å². The van der Waals surface area contributed by atoms with Crippen molar-refractivity contribution in [1.82, 2.24) is 4.90 Å². The van der Waals surface area contributed by atoms with Crippen molar-refractivity contribution < 1.29 is 4.79 Å². The molecule has 0 radical (unpaired) electrons. The van der Waals surface area contributed by atoms with Crippen LogP contribution in [-0.4, -0.2) is 36.5 Å². The molecule has 122 valence electrons. The van der Waals surface area contributed by atoms with Crippen LogP contribution in [0.4, 0.5) is 5.69 Å². The van der Waals surface area contributed by atoms with Crippen LogP contribution in [0.2, 0.25) is 0 Å². The number of nitrogens with two attached hydrogens (primary N) is 1. The van der Waals surface area contributed by atoms with Crippen LogP contribution >= 0.6 is 0 Å². The number of hydrogen-bond donors (Lipinski definition) is 2. The monoisotopic (exact) mass is 303 g/mol. The molecule has 1 saturated heterocycles. The Bertz CT molecular complexity index is 499. The molecule has 1 fully saturated rings. The van der Waals surface area contributed by atoms with E-state index in [1.165, 1.54) is 12.0 Å². The Kier molecular flexibility index (Phi) is 5.98. The molecular weight excluding hydrogens is 274 g/mol. The summed E-state index contributed by atoms with van der Waals surface area (Å²) in [5.41, 5.74) is 8.13. The molecule has 0 bridgehead atoms. The molecule has 4 heteroatoms. The Labute approximate surface area is 134 Å². The fourth-order valence-corrected chi connectivity index (χ4v) is 3.04. The van der Waals surface area contributed by atoms with Gasteiger partial charge in [0, 0.05) is 18.3 Å². The van der Waals surface area contributed by atoms with Crippen LogP contribution in [0.1, 0.15) is 45.1 Å². The van der Waals surface area contributed by atoms with Crippen molar-refractivity contribution in [3.8, 4) is 0 Å². The second kappa shape index (κ2) is 7.75. The largest absolute Gasteiger partial charge is 0.328 e. The van der Waals surface area contributed by atoms with Gasteiger partial charge in [-0.3, -0.25) is 9.69 Å². The Morgan fingerprint density at radius 3 is 2.86 bits per heavy atom. The first-order chi connectivity index (χ1) is 10.5. The second-order valence-corrected chi connectivity index (χ2v) is 6.82. The number of likely N-dealkylation sites (tertiary alicyclic amines) is 1. The maximum Gasteiger partial charge on any atom is 0.238 e. The lowest BCUT2D eigenvalue weighted by Gasteiger charge is -2.34. The van der Waals surface area contributed by atoms with Crippen molar-refractivity contribution in [3.63, 3.8) is 0 Å². The predicted molar refractivity (Wildman–Crippen MR) is 92.0 cm³/mol. The fraction of sp³-hybridized carbons (Fsp3) is 0.611. The van der Waals surface area contributed by atoms with Crippen molar-refractivity contribution >= 4 is 11.6 Å². The molecule has 1 aliphatic heterocycles. The second-order valence-electron chi connectivity index (χ2n) is 6.82. The van der Waals surface area contributed by atoms with Crippen LogP contribution in [0.15, 0.2) is 24.3 Å². The van der Waals surface area contributed by atoms with E-state index in [1.807, 2.05) is 12.1 Å². The topological polar surface area (TPSA) is 58.4 Å². The number of nitrogens with one attached hydrogen (secondary N) is 1. The van der Waals surface area contributed by atoms with Gasteiger partial charge in [-0.2, -0.15) is 0 Å². The average molecular weight is 303 g/mol. The Balaban J connectivity index is 1.88. The summed E-state index contributed by atoms with van der Waals surface area (Å²) in [5, 5.41) is 3.02. The van der Waals surface area contributed by atoms with Gasteiger partial charge < -0.3 is 11.1 Å². The number of carbonyl (C=O) groups is 1. The molecule has 4 nitrogen and oxygen atoms in total. The zero-order chi connectivity index (χ0) is 16.1. The third kappa shape index (κ3) is 4.82. The highest BCUT2D eigenvalue weighted by Gasteiger charge is 2.23. The molecule has 1 heterocycles. The fourth-order valence-electron chi connectivity index (χ4n) is 3.04. The first-order valence-electron chi connectivity index (χ1n) is 8.33. The van der Waals surface area contributed by atoms with E-state index in [0.717, 1.165) is 25.2 Å². The quantitative estimate of drug-likeness (QED) is 0.879. The first kappa shape index (κ1) is 17.0. The van der Waals surface area contributed by atoms with Gasteiger partial charge in [0.1, 0.15) is 0 Å². The van der Waals surface area contributed by atoms with Crippen LogP contribution < -0.4 is 11.1 Å². The van der Waals surface area contributed by atoms with Gasteiger partial charge in [0.15, 0.2) is 0 Å². The molecule has 2 atom stereocenters. The van der Waals surface area contributed by atoms with Gasteiger partial charge in [-0.15, -0.1) is 0 Å². The van der Waals surface area contributed by atoms with Gasteiger partial charge in [-0.1, -0.05) is 26.0 Å². The molecule has 1 aliphatic rings. The van der Waals surface area contributed by atoms with Gasteiger partial charge in [0.05, 0.1) is 6.54 Å². The maximum absolute atomic E-state index is 12.3. The summed E-state index contributed by atoms with van der Waals surface area (Å²) in [6.07, 6.45) is 2.30. The molecule has 0 aliphatic carbocycles. The highest BCUT2D eigenvalue weighted by molar-refractivity contribution is 5.92. The van der Waals surface area contributed by atoms with Crippen molar-refractivity contribution in [1.29, 1.82) is 0 Å². The van der Waals surface area contributed by atoms with Crippen LogP contribution in [-0.2, 0) is 4.79 Å². The van der Waals surface area contributed by atoms with Gasteiger partial charge in [0.2, 0.25) is 5.91 Å². The molecule has 22 heavy (non-hydrogen) atoms. The summed E-state index contributed by atoms with van der Waals surface area (Å²) in [6, 6.07) is 8.30. The van der Waals surface area contributed by atoms with E-state index in [4.69, 9.17) is 5.73 Å². The zero-order valence-electron chi connectivity index (χ0n) is 14.0. The zero-order valence-corrected chi connectivity index (χ0v) is 14.0. The van der Waals surface area contributed by atoms with Crippen LogP contribution in [0.5, 0.6) is 0 Å². The molecule has 1 aromatic rings. The van der Waals surface area contributed by atoms with Crippen molar-refractivity contribution in [2.45, 2.75) is 45.6 Å². The molecular formula is C18H29N3O. The summed E-state index contributed by atoms with van der Waals surface area (Å²) in [7, 11) is 0. The smallest absolute Gasteiger partial charge is 0.238 e. The average Bonchev–Trinajstić information content (AvgIpc) is 2.47. The van der Waals surface area contributed by atoms with Crippen molar-refractivity contribution in [3.05, 3.63) is 29.8 Å². The molecule has 0 saturated carbocycles. The van der Waals surface area contributed by atoms with E-state index in [-0.39, 0.29) is 11.9 Å². The normalized spacial score (nSPS) is 20.9. The van der Waals surface area contributed by atoms with Gasteiger partial charge in [0.25, 0.3) is 0 Å². The minimum absolute atomic E-state index is 0.0613. The van der Waals surface area contributed by atoms with Gasteiger partial charge >= 0.3 is 0 Å². The number of rotatable bonds is 5. The molecule has 0 aromatic heterocycles. The summed E-state index contributed by atoms with van der Waals surface area (Å²) in [4.78, 5) is 14.5. The molecule has 3 N–H and O–H groups in total. The summed E-state index contributed by atoms with van der Waals surface area (Å²) >= 11 is 0. The lowest BCUT2D eigenvalue weighted by atomic mass is 9.92.